The van der Waals surface area contributed by atoms with Crippen molar-refractivity contribution in [3.63, 3.8) is 0 Å². The Hall–Kier alpha value is -0.960. The number of hydrogen-bond donors (Lipinski definition) is 9. The minimum atomic E-state index is -1.96. The lowest BCUT2D eigenvalue weighted by atomic mass is 10.0. The minimum Gasteiger partial charge on any atom is -0.463 e. The number of hydrogen-bond acceptors (Lipinski definition) is 16. The number of unbranched alkanes of at least 4 members (excludes halogenated alkanes) is 1. The van der Waals surface area contributed by atoms with E-state index in [2.05, 4.69) is 0 Å². The van der Waals surface area contributed by atoms with Crippen LogP contribution in [0, 0.1) is 0 Å². The maximum Gasteiger partial charge on any atom is 0.305 e. The molecule has 0 aromatic rings. The molecule has 0 aromatic heterocycles. The van der Waals surface area contributed by atoms with Crippen molar-refractivity contribution in [2.24, 2.45) is 0 Å². The maximum absolute atomic E-state index is 12.2. The molecule has 2 aliphatic heterocycles. The van der Waals surface area contributed by atoms with Crippen LogP contribution in [-0.4, -0.2) is 162 Å². The Morgan fingerprint density at radius 1 is 0.905 bits per heavy atom. The van der Waals surface area contributed by atoms with Gasteiger partial charge in [0.25, 0.3) is 0 Å². The Bertz CT molecular complexity index is 855. The van der Waals surface area contributed by atoms with E-state index in [-0.39, 0.29) is 25.7 Å². The van der Waals surface area contributed by atoms with Crippen molar-refractivity contribution in [1.82, 2.24) is 0 Å². The highest BCUT2D eigenvalue weighted by Gasteiger charge is 2.57. The van der Waals surface area contributed by atoms with Crippen LogP contribution in [0.5, 0.6) is 0 Å². The lowest BCUT2D eigenvalue weighted by molar-refractivity contribution is -0.358. The minimum absolute atomic E-state index is 0.129. The molecule has 0 aliphatic carbocycles. The van der Waals surface area contributed by atoms with Crippen LogP contribution >= 0.6 is 23.2 Å². The van der Waals surface area contributed by atoms with Crippen molar-refractivity contribution >= 4 is 35.1 Å². The molecule has 246 valence electrons. The summed E-state index contributed by atoms with van der Waals surface area (Å²) in [5.74, 6) is -3.89. The van der Waals surface area contributed by atoms with Gasteiger partial charge in [-0.3, -0.25) is 9.59 Å². The first kappa shape index (κ1) is 37.2. The zero-order chi connectivity index (χ0) is 31.8. The lowest BCUT2D eigenvalue weighted by Crippen LogP contribution is -2.61. The van der Waals surface area contributed by atoms with Crippen LogP contribution in [0.3, 0.4) is 0 Å². The molecule has 2 aliphatic rings. The Kier molecular flexibility index (Phi) is 15.0. The van der Waals surface area contributed by atoms with Gasteiger partial charge in [-0.2, -0.15) is 0 Å². The highest BCUT2D eigenvalue weighted by atomic mass is 35.5. The molecule has 2 heterocycles. The Morgan fingerprint density at radius 3 is 2.00 bits per heavy atom. The first-order valence-corrected chi connectivity index (χ1v) is 14.2. The fourth-order valence-electron chi connectivity index (χ4n) is 4.23. The quantitative estimate of drug-likeness (QED) is 0.0439. The Labute approximate surface area is 251 Å². The number of ether oxygens (including phenoxy) is 5. The summed E-state index contributed by atoms with van der Waals surface area (Å²) in [4.78, 5) is 24.0. The Balaban J connectivity index is 1.75. The van der Waals surface area contributed by atoms with E-state index in [0.29, 0.717) is 0 Å². The van der Waals surface area contributed by atoms with Gasteiger partial charge in [-0.1, -0.05) is 0 Å². The van der Waals surface area contributed by atoms with Crippen molar-refractivity contribution in [3.8, 4) is 0 Å². The van der Waals surface area contributed by atoms with Crippen molar-refractivity contribution in [2.75, 3.05) is 25.7 Å². The zero-order valence-corrected chi connectivity index (χ0v) is 24.2. The van der Waals surface area contributed by atoms with Crippen molar-refractivity contribution in [3.05, 3.63) is 0 Å². The van der Waals surface area contributed by atoms with Crippen LogP contribution in [0.4, 0.5) is 0 Å². The summed E-state index contributed by atoms with van der Waals surface area (Å²) >= 11 is 12.1. The van der Waals surface area contributed by atoms with Crippen molar-refractivity contribution in [1.29, 1.82) is 0 Å². The predicted molar refractivity (Wildman–Crippen MR) is 139 cm³/mol. The van der Waals surface area contributed by atoms with Gasteiger partial charge in [-0.25, -0.2) is 0 Å². The largest absolute Gasteiger partial charge is 0.463 e. The first-order chi connectivity index (χ1) is 19.7. The smallest absolute Gasteiger partial charge is 0.305 e. The molecule has 0 saturated carbocycles. The fourth-order valence-corrected chi connectivity index (χ4v) is 4.80. The van der Waals surface area contributed by atoms with Crippen LogP contribution in [0.2, 0.25) is 0 Å². The standard InChI is InChI=1S/C24H40Cl2O16/c1-10-17(32)22(37)24(9-25,41-10)42-23-21(36)20(35)16(26)13(40-23)8-39-15(31)5-3-2-4-14(30)38-7-12(29)19(34)18(33)11(28)6-27/h10-13,16-23,27-29,32-37H,2-9H2,1H3/t10-,11-,12-,13?,16+,17?,18-,19-,20+,21?,22-,23-,24+/m1/s1. The van der Waals surface area contributed by atoms with E-state index in [0.717, 1.165) is 0 Å². The van der Waals surface area contributed by atoms with Gasteiger partial charge in [0.05, 0.1) is 24.0 Å². The monoisotopic (exact) mass is 654 g/mol. The SMILES string of the molecule is C[C@H]1O[C@@](CCl)(O[C@H]2OC(COC(=O)CCCCC(=O)OC[C@@H](O)[C@@H](O)[C@H](O)[C@H](O)CO)[C@H](Cl)[C@H](O)C2O)[C@H](O)C1O. The van der Waals surface area contributed by atoms with Crippen LogP contribution in [0.15, 0.2) is 0 Å². The average Bonchev–Trinajstić information content (AvgIpc) is 3.19. The van der Waals surface area contributed by atoms with Crippen molar-refractivity contribution in [2.45, 2.75) is 111 Å². The topological polar surface area (TPSA) is 262 Å². The molecule has 13 atom stereocenters. The van der Waals surface area contributed by atoms with Gasteiger partial charge in [0, 0.05) is 12.8 Å². The average molecular weight is 655 g/mol. The Morgan fingerprint density at radius 2 is 1.48 bits per heavy atom. The van der Waals surface area contributed by atoms with Gasteiger partial charge < -0.3 is 69.6 Å². The highest BCUT2D eigenvalue weighted by molar-refractivity contribution is 6.21. The lowest BCUT2D eigenvalue weighted by Gasteiger charge is -2.43. The van der Waals surface area contributed by atoms with Crippen LogP contribution in [-0.2, 0) is 33.3 Å². The molecule has 18 heteroatoms. The van der Waals surface area contributed by atoms with E-state index < -0.39 is 116 Å². The van der Waals surface area contributed by atoms with Crippen LogP contribution < -0.4 is 0 Å². The van der Waals surface area contributed by atoms with Gasteiger partial charge in [0.2, 0.25) is 5.79 Å². The summed E-state index contributed by atoms with van der Waals surface area (Å²) in [5, 5.41) is 87.0. The second kappa shape index (κ2) is 16.9. The molecule has 2 saturated heterocycles. The molecule has 0 bridgehead atoms. The van der Waals surface area contributed by atoms with Gasteiger partial charge in [-0.05, 0) is 19.8 Å². The molecule has 2 fully saturated rings. The zero-order valence-electron chi connectivity index (χ0n) is 22.7. The molecule has 0 aromatic carbocycles. The van der Waals surface area contributed by atoms with E-state index >= 15 is 0 Å². The fraction of sp³-hybridized carbons (Fsp3) is 0.917. The van der Waals surface area contributed by atoms with E-state index in [9.17, 15) is 50.4 Å². The molecule has 9 N–H and O–H groups in total. The number of aliphatic hydroxyl groups is 9. The molecular weight excluding hydrogens is 615 g/mol. The third kappa shape index (κ3) is 9.52. The van der Waals surface area contributed by atoms with Crippen molar-refractivity contribution < 1.29 is 79.2 Å². The molecule has 2 rings (SSSR count). The van der Waals surface area contributed by atoms with Gasteiger partial charge >= 0.3 is 11.9 Å². The molecule has 0 spiro atoms. The van der Waals surface area contributed by atoms with Gasteiger partial charge in [-0.15, -0.1) is 23.2 Å². The van der Waals surface area contributed by atoms with Crippen LogP contribution in [0.25, 0.3) is 0 Å². The van der Waals surface area contributed by atoms with Gasteiger partial charge in [0.1, 0.15) is 68.1 Å². The molecule has 3 unspecified atom stereocenters. The molecule has 0 amide bonds. The summed E-state index contributed by atoms with van der Waals surface area (Å²) in [6.07, 6.45) is -17.0. The molecule has 42 heavy (non-hydrogen) atoms. The van der Waals surface area contributed by atoms with Gasteiger partial charge in [0.15, 0.2) is 6.29 Å². The molecule has 16 nitrogen and oxygen atoms in total. The van der Waals surface area contributed by atoms with E-state index in [4.69, 9.17) is 52.0 Å². The number of esters is 2. The third-order valence-corrected chi connectivity index (χ3v) is 7.83. The predicted octanol–water partition coefficient (Wildman–Crippen LogP) is -3.78. The third-order valence-electron chi connectivity index (χ3n) is 6.92. The second-order valence-electron chi connectivity index (χ2n) is 10.2. The summed E-state index contributed by atoms with van der Waals surface area (Å²) in [5.41, 5.74) is 0. The normalized spacial score (nSPS) is 36.2. The molecular formula is C24H40Cl2O16. The number of carbonyl (C=O) groups is 2. The van der Waals surface area contributed by atoms with E-state index in [1.807, 2.05) is 0 Å². The number of carbonyl (C=O) groups excluding carboxylic acids is 2. The second-order valence-corrected chi connectivity index (χ2v) is 10.9. The first-order valence-electron chi connectivity index (χ1n) is 13.3. The van der Waals surface area contributed by atoms with E-state index in [1.165, 1.54) is 6.92 Å². The number of rotatable bonds is 16. The number of halogens is 2. The number of aliphatic hydroxyl groups excluding tert-OH is 9. The van der Waals surface area contributed by atoms with E-state index in [1.54, 1.807) is 0 Å². The summed E-state index contributed by atoms with van der Waals surface area (Å²) in [6, 6.07) is 0. The highest BCUT2D eigenvalue weighted by Crippen LogP contribution is 2.37. The summed E-state index contributed by atoms with van der Waals surface area (Å²) in [6.45, 7) is -0.518. The van der Waals surface area contributed by atoms with Crippen LogP contribution in [0.1, 0.15) is 32.6 Å². The summed E-state index contributed by atoms with van der Waals surface area (Å²) < 4.78 is 26.6. The number of alkyl halides is 2. The maximum atomic E-state index is 12.2. The summed E-state index contributed by atoms with van der Waals surface area (Å²) in [7, 11) is 0. The molecule has 0 radical (unpaired) electrons.